The number of hydrogen-bond donors (Lipinski definition) is 2. The van der Waals surface area contributed by atoms with Gasteiger partial charge >= 0.3 is 0 Å². The fourth-order valence-corrected chi connectivity index (χ4v) is 5.69. The van der Waals surface area contributed by atoms with Crippen LogP contribution in [0.5, 0.6) is 5.75 Å². The Morgan fingerprint density at radius 3 is 2.69 bits per heavy atom. The smallest absolute Gasteiger partial charge is 0.226 e. The molecule has 6 rings (SSSR count). The summed E-state index contributed by atoms with van der Waals surface area (Å²) in [6, 6.07) is 23.7. The number of rotatable bonds is 6. The first-order chi connectivity index (χ1) is 17.6. The van der Waals surface area contributed by atoms with Gasteiger partial charge in [0.25, 0.3) is 0 Å². The van der Waals surface area contributed by atoms with Crippen LogP contribution in [0.2, 0.25) is 0 Å². The molecule has 0 spiro atoms. The lowest BCUT2D eigenvalue weighted by molar-refractivity contribution is -0.134. The van der Waals surface area contributed by atoms with Gasteiger partial charge in [0.15, 0.2) is 0 Å². The first-order valence-corrected chi connectivity index (χ1v) is 12.8. The molecule has 2 N–H and O–H groups in total. The summed E-state index contributed by atoms with van der Waals surface area (Å²) in [6.45, 7) is 2.42. The number of phenols is 1. The van der Waals surface area contributed by atoms with Crippen LogP contribution in [-0.2, 0) is 4.79 Å². The third kappa shape index (κ3) is 4.36. The Kier molecular flexibility index (Phi) is 5.96. The average molecular weight is 475 g/mol. The zero-order valence-corrected chi connectivity index (χ0v) is 20.3. The number of fused-ring (bicyclic) bond motifs is 1. The van der Waals surface area contributed by atoms with Crippen LogP contribution in [-0.4, -0.2) is 47.8 Å². The van der Waals surface area contributed by atoms with E-state index in [1.807, 2.05) is 42.6 Å². The third-order valence-electron chi connectivity index (χ3n) is 7.76. The highest BCUT2D eigenvalue weighted by atomic mass is 16.3. The molecule has 4 aromatic rings. The minimum atomic E-state index is 0.136. The second-order valence-electron chi connectivity index (χ2n) is 10.2. The van der Waals surface area contributed by atoms with E-state index in [0.717, 1.165) is 61.4 Å². The highest BCUT2D eigenvalue weighted by Crippen LogP contribution is 2.48. The van der Waals surface area contributed by atoms with Crippen molar-refractivity contribution >= 4 is 30.6 Å². The van der Waals surface area contributed by atoms with Crippen molar-refractivity contribution in [1.82, 2.24) is 9.30 Å². The summed E-state index contributed by atoms with van der Waals surface area (Å²) in [7, 11) is 6.25. The van der Waals surface area contributed by atoms with Gasteiger partial charge in [0.2, 0.25) is 5.91 Å². The predicted molar refractivity (Wildman–Crippen MR) is 145 cm³/mol. The van der Waals surface area contributed by atoms with E-state index in [4.69, 9.17) is 7.85 Å². The van der Waals surface area contributed by atoms with Crippen molar-refractivity contribution < 1.29 is 9.90 Å². The Morgan fingerprint density at radius 2 is 1.86 bits per heavy atom. The first kappa shape index (κ1) is 22.8. The van der Waals surface area contributed by atoms with E-state index in [-0.39, 0.29) is 11.7 Å². The minimum absolute atomic E-state index is 0.136. The van der Waals surface area contributed by atoms with Crippen LogP contribution in [0.4, 0.5) is 5.82 Å². The number of phenolic OH excluding ortho intramolecular Hbond substituents is 1. The Morgan fingerprint density at radius 1 is 1.06 bits per heavy atom. The molecule has 2 fully saturated rings. The maximum Gasteiger partial charge on any atom is 0.226 e. The van der Waals surface area contributed by atoms with Crippen LogP contribution in [0.1, 0.15) is 30.7 Å². The molecule has 3 atom stereocenters. The summed E-state index contributed by atoms with van der Waals surface area (Å²) in [5.41, 5.74) is 4.57. The van der Waals surface area contributed by atoms with Crippen LogP contribution in [0.25, 0.3) is 16.6 Å². The average Bonchev–Trinajstić information content (AvgIpc) is 3.64. The van der Waals surface area contributed by atoms with Crippen molar-refractivity contribution in [3.05, 3.63) is 84.6 Å². The SMILES string of the molecule is [B]c1ccn2c(NCC3CCCN(C(=O)[C@@H]4C[C@H]4c4ccccc4)C3)cc(-c3ccccc3O)cc12. The Labute approximate surface area is 213 Å². The maximum absolute atomic E-state index is 13.2. The van der Waals surface area contributed by atoms with E-state index in [2.05, 4.69) is 44.9 Å². The number of amides is 1. The number of anilines is 1. The molecule has 1 unspecified atom stereocenters. The van der Waals surface area contributed by atoms with Gasteiger partial charge in [-0.2, -0.15) is 0 Å². The first-order valence-electron chi connectivity index (χ1n) is 12.8. The predicted octanol–water partition coefficient (Wildman–Crippen LogP) is 4.56. The normalized spacial score (nSPS) is 21.4. The van der Waals surface area contributed by atoms with Gasteiger partial charge in [-0.1, -0.05) is 60.1 Å². The van der Waals surface area contributed by atoms with Gasteiger partial charge in [0.05, 0.1) is 0 Å². The van der Waals surface area contributed by atoms with Crippen LogP contribution in [0.3, 0.4) is 0 Å². The zero-order chi connectivity index (χ0) is 24.6. The number of likely N-dealkylation sites (tertiary alicyclic amines) is 1. The number of nitrogens with one attached hydrogen (secondary N) is 1. The lowest BCUT2D eigenvalue weighted by Gasteiger charge is -2.33. The largest absolute Gasteiger partial charge is 0.507 e. The Balaban J connectivity index is 1.16. The van der Waals surface area contributed by atoms with Crippen LogP contribution < -0.4 is 10.8 Å². The topological polar surface area (TPSA) is 57.0 Å². The van der Waals surface area contributed by atoms with Crippen molar-refractivity contribution in [2.45, 2.75) is 25.2 Å². The highest BCUT2D eigenvalue weighted by molar-refractivity contribution is 6.37. The number of pyridine rings is 1. The molecule has 180 valence electrons. The summed E-state index contributed by atoms with van der Waals surface area (Å²) in [5, 5.41) is 14.0. The van der Waals surface area contributed by atoms with Gasteiger partial charge in [-0.3, -0.25) is 4.79 Å². The maximum atomic E-state index is 13.2. The molecule has 2 radical (unpaired) electrons. The molecule has 2 aliphatic rings. The van der Waals surface area contributed by atoms with Gasteiger partial charge in [0.1, 0.15) is 19.4 Å². The number of aromatic hydroxyl groups is 1. The number of piperidine rings is 1. The van der Waals surface area contributed by atoms with Crippen molar-refractivity contribution in [1.29, 1.82) is 0 Å². The van der Waals surface area contributed by atoms with E-state index in [1.54, 1.807) is 6.07 Å². The van der Waals surface area contributed by atoms with Gasteiger partial charge in [0, 0.05) is 42.8 Å². The number of para-hydroxylation sites is 1. The second kappa shape index (κ2) is 9.42. The van der Waals surface area contributed by atoms with Gasteiger partial charge in [-0.25, -0.2) is 0 Å². The van der Waals surface area contributed by atoms with E-state index < -0.39 is 0 Å². The van der Waals surface area contributed by atoms with Crippen molar-refractivity contribution in [2.75, 3.05) is 25.0 Å². The third-order valence-corrected chi connectivity index (χ3v) is 7.76. The second-order valence-corrected chi connectivity index (χ2v) is 10.2. The fraction of sp³-hybridized carbons (Fsp3) is 0.300. The molecule has 1 aliphatic heterocycles. The van der Waals surface area contributed by atoms with Gasteiger partial charge in [-0.05, 0) is 60.4 Å². The summed E-state index contributed by atoms with van der Waals surface area (Å²) < 4.78 is 2.05. The summed E-state index contributed by atoms with van der Waals surface area (Å²) in [4.78, 5) is 15.3. The molecule has 1 amide bonds. The van der Waals surface area contributed by atoms with E-state index in [1.165, 1.54) is 5.56 Å². The molecule has 0 bridgehead atoms. The lowest BCUT2D eigenvalue weighted by atomic mass is 9.96. The van der Waals surface area contributed by atoms with Crippen LogP contribution in [0, 0.1) is 11.8 Å². The summed E-state index contributed by atoms with van der Waals surface area (Å²) >= 11 is 0. The molecule has 2 aromatic carbocycles. The summed E-state index contributed by atoms with van der Waals surface area (Å²) in [5.74, 6) is 2.38. The molecule has 2 aromatic heterocycles. The van der Waals surface area contributed by atoms with Crippen LogP contribution in [0.15, 0.2) is 79.0 Å². The van der Waals surface area contributed by atoms with Crippen LogP contribution >= 0.6 is 0 Å². The van der Waals surface area contributed by atoms with Crippen molar-refractivity contribution in [3.8, 4) is 16.9 Å². The van der Waals surface area contributed by atoms with E-state index in [0.29, 0.717) is 23.2 Å². The highest BCUT2D eigenvalue weighted by Gasteiger charge is 2.46. The molecular formula is C30H30BN3O2. The number of carbonyl (C=O) groups is 1. The van der Waals surface area contributed by atoms with Crippen molar-refractivity contribution in [2.24, 2.45) is 11.8 Å². The lowest BCUT2D eigenvalue weighted by Crippen LogP contribution is -2.42. The summed E-state index contributed by atoms with van der Waals surface area (Å²) in [6.07, 6.45) is 5.06. The minimum Gasteiger partial charge on any atom is -0.507 e. The molecular weight excluding hydrogens is 445 g/mol. The Bertz CT molecular complexity index is 1400. The molecule has 36 heavy (non-hydrogen) atoms. The number of nitrogens with zero attached hydrogens (tertiary/aromatic N) is 2. The quantitative estimate of drug-likeness (QED) is 0.402. The van der Waals surface area contributed by atoms with Crippen molar-refractivity contribution in [3.63, 3.8) is 0 Å². The molecule has 1 saturated carbocycles. The number of benzene rings is 2. The van der Waals surface area contributed by atoms with Gasteiger partial charge in [-0.15, -0.1) is 0 Å². The Hall–Kier alpha value is -3.67. The molecule has 1 saturated heterocycles. The number of carbonyl (C=O) groups excluding carboxylic acids is 1. The monoisotopic (exact) mass is 475 g/mol. The molecule has 5 nitrogen and oxygen atoms in total. The van der Waals surface area contributed by atoms with Gasteiger partial charge < -0.3 is 19.7 Å². The molecule has 6 heteroatoms. The van der Waals surface area contributed by atoms with E-state index in [9.17, 15) is 9.90 Å². The number of hydrogen-bond acceptors (Lipinski definition) is 3. The fourth-order valence-electron chi connectivity index (χ4n) is 5.69. The molecule has 3 heterocycles. The zero-order valence-electron chi connectivity index (χ0n) is 20.3. The van der Waals surface area contributed by atoms with E-state index >= 15 is 0 Å². The molecule has 1 aliphatic carbocycles. The standard InChI is InChI=1S/C30H30BN3O2/c31-26-12-14-34-27(26)15-22(23-10-4-5-11-28(23)35)16-29(34)32-18-20-7-6-13-33(19-20)30(36)25-17-24(25)21-8-2-1-3-9-21/h1-5,8-12,14-16,20,24-25,32,35H,6-7,13,17-19H2/t20?,24-,25+/m0/s1. The number of aromatic nitrogens is 1.